The molecule has 0 spiro atoms. The molecule has 1 fully saturated rings. The van der Waals surface area contributed by atoms with Gasteiger partial charge >= 0.3 is 12.1 Å². The first-order valence-electron chi connectivity index (χ1n) is 10.1. The van der Waals surface area contributed by atoms with E-state index in [1.165, 1.54) is 6.92 Å². The van der Waals surface area contributed by atoms with Crippen LogP contribution in [0.15, 0.2) is 59.7 Å². The van der Waals surface area contributed by atoms with Crippen molar-refractivity contribution < 1.29 is 42.0 Å². The molecule has 4 unspecified atom stereocenters. The normalized spacial score (nSPS) is 26.8. The van der Waals surface area contributed by atoms with Crippen LogP contribution < -0.4 is 0 Å². The highest BCUT2D eigenvalue weighted by Gasteiger charge is 2.57. The topological polar surface area (TPSA) is 69.9 Å². The van der Waals surface area contributed by atoms with Crippen molar-refractivity contribution in [2.24, 2.45) is 0 Å². The van der Waals surface area contributed by atoms with Crippen molar-refractivity contribution in [3.63, 3.8) is 0 Å². The summed E-state index contributed by atoms with van der Waals surface area (Å²) in [4.78, 5) is 0. The smallest absolute Gasteiger partial charge is 0.393 e. The molecule has 0 aliphatic carbocycles. The molecule has 0 saturated carbocycles. The number of hydrogen-bond donors (Lipinski definition) is 3. The number of aliphatic hydroxyl groups is 3. The van der Waals surface area contributed by atoms with E-state index in [4.69, 9.17) is 4.74 Å². The Morgan fingerprint density at radius 3 is 2.19 bits per heavy atom. The molecule has 0 amide bonds. The minimum absolute atomic E-state index is 0.146. The van der Waals surface area contributed by atoms with Gasteiger partial charge in [-0.15, -0.1) is 0 Å². The zero-order valence-corrected chi connectivity index (χ0v) is 17.7. The van der Waals surface area contributed by atoms with Gasteiger partial charge in [0, 0.05) is 0 Å². The second-order valence-electron chi connectivity index (χ2n) is 7.63. The second-order valence-corrected chi connectivity index (χ2v) is 7.63. The maximum absolute atomic E-state index is 14.0. The van der Waals surface area contributed by atoms with Gasteiger partial charge in [0.2, 0.25) is 0 Å². The summed E-state index contributed by atoms with van der Waals surface area (Å²) in [5, 5.41) is 29.1. The molecule has 1 saturated heterocycles. The number of ether oxygens (including phenoxy) is 1. The van der Waals surface area contributed by atoms with Gasteiger partial charge in [-0.2, -0.15) is 13.2 Å². The molecule has 9 heteroatoms. The van der Waals surface area contributed by atoms with Crippen molar-refractivity contribution in [1.29, 1.82) is 0 Å². The minimum Gasteiger partial charge on any atom is -0.393 e. The monoisotopic (exact) mass is 462 g/mol. The lowest BCUT2D eigenvalue weighted by Crippen LogP contribution is -2.62. The van der Waals surface area contributed by atoms with Crippen LogP contribution in [0.3, 0.4) is 0 Å². The van der Waals surface area contributed by atoms with Gasteiger partial charge in [0.15, 0.2) is 0 Å². The van der Waals surface area contributed by atoms with E-state index in [-0.39, 0.29) is 17.6 Å². The average Bonchev–Trinajstić information content (AvgIpc) is 2.72. The van der Waals surface area contributed by atoms with E-state index < -0.39 is 48.7 Å². The number of hydrogen-bond acceptors (Lipinski definition) is 4. The van der Waals surface area contributed by atoms with Crippen LogP contribution in [-0.4, -0.2) is 58.4 Å². The van der Waals surface area contributed by atoms with Crippen molar-refractivity contribution in [3.05, 3.63) is 70.8 Å². The summed E-state index contributed by atoms with van der Waals surface area (Å²) in [6.07, 6.45) is -10.7. The lowest BCUT2D eigenvalue weighted by atomic mass is 9.88. The number of rotatable bonds is 7. The summed E-state index contributed by atoms with van der Waals surface area (Å²) < 4.78 is 74.0. The molecular formula is C23H27F5O4. The van der Waals surface area contributed by atoms with E-state index in [1.54, 1.807) is 24.3 Å². The molecule has 0 bridgehead atoms. The van der Waals surface area contributed by atoms with Crippen LogP contribution >= 0.6 is 0 Å². The lowest BCUT2D eigenvalue weighted by Gasteiger charge is -2.42. The van der Waals surface area contributed by atoms with Crippen LogP contribution in [0.4, 0.5) is 22.0 Å². The molecule has 1 aliphatic rings. The van der Waals surface area contributed by atoms with E-state index in [0.29, 0.717) is 5.56 Å². The second kappa shape index (κ2) is 10.2. The van der Waals surface area contributed by atoms with Crippen LogP contribution in [0.25, 0.3) is 0 Å². The Bertz CT molecular complexity index is 854. The van der Waals surface area contributed by atoms with Crippen LogP contribution in [-0.2, 0) is 17.6 Å². The molecule has 4 atom stereocenters. The van der Waals surface area contributed by atoms with Gasteiger partial charge in [0.25, 0.3) is 0 Å². The molecular weight excluding hydrogens is 435 g/mol. The number of alkyl halides is 5. The quantitative estimate of drug-likeness (QED) is 0.425. The number of benzene rings is 1. The molecule has 3 N–H and O–H groups in total. The SMILES string of the molecule is C=C(/C=C(Cc1ccc(CC)cc1)\C(=C/C)C(F)(F)F)C1OC(CO)C(F)(F)C(O)C1O. The predicted octanol–water partition coefficient (Wildman–Crippen LogP) is 3.90. The molecule has 2 rings (SSSR count). The van der Waals surface area contributed by atoms with Crippen molar-refractivity contribution in [1.82, 2.24) is 0 Å². The van der Waals surface area contributed by atoms with E-state index >= 15 is 0 Å². The number of allylic oxidation sites excluding steroid dienone is 3. The lowest BCUT2D eigenvalue weighted by molar-refractivity contribution is -0.286. The third kappa shape index (κ3) is 5.64. The first kappa shape index (κ1) is 26.2. The van der Waals surface area contributed by atoms with E-state index in [9.17, 15) is 37.3 Å². The Morgan fingerprint density at radius 2 is 1.72 bits per heavy atom. The van der Waals surface area contributed by atoms with Gasteiger partial charge in [0.1, 0.15) is 24.4 Å². The molecule has 178 valence electrons. The molecule has 32 heavy (non-hydrogen) atoms. The first-order valence-corrected chi connectivity index (χ1v) is 10.1. The summed E-state index contributed by atoms with van der Waals surface area (Å²) in [5.74, 6) is -3.95. The zero-order valence-electron chi connectivity index (χ0n) is 17.7. The van der Waals surface area contributed by atoms with Gasteiger partial charge in [-0.25, -0.2) is 8.78 Å². The van der Waals surface area contributed by atoms with Crippen molar-refractivity contribution in [2.45, 2.75) is 63.2 Å². The molecule has 4 nitrogen and oxygen atoms in total. The minimum atomic E-state index is -4.70. The maximum Gasteiger partial charge on any atom is 0.416 e. The highest BCUT2D eigenvalue weighted by atomic mass is 19.4. The summed E-state index contributed by atoms with van der Waals surface area (Å²) in [6, 6.07) is 6.97. The Kier molecular flexibility index (Phi) is 8.38. The van der Waals surface area contributed by atoms with Gasteiger partial charge < -0.3 is 20.1 Å². The third-order valence-electron chi connectivity index (χ3n) is 5.42. The van der Waals surface area contributed by atoms with Gasteiger partial charge in [-0.3, -0.25) is 0 Å². The molecule has 0 radical (unpaired) electrons. The Labute approximate surface area is 183 Å². The van der Waals surface area contributed by atoms with Crippen molar-refractivity contribution in [3.8, 4) is 0 Å². The average molecular weight is 462 g/mol. The van der Waals surface area contributed by atoms with Crippen LogP contribution in [0, 0.1) is 0 Å². The fraction of sp³-hybridized carbons (Fsp3) is 0.478. The van der Waals surface area contributed by atoms with Gasteiger partial charge in [-0.05, 0) is 42.0 Å². The highest BCUT2D eigenvalue weighted by Crippen LogP contribution is 2.38. The van der Waals surface area contributed by atoms with Crippen LogP contribution in [0.1, 0.15) is 25.0 Å². The highest BCUT2D eigenvalue weighted by molar-refractivity contribution is 5.44. The summed E-state index contributed by atoms with van der Waals surface area (Å²) in [5.41, 5.74) is 0.184. The summed E-state index contributed by atoms with van der Waals surface area (Å²) in [7, 11) is 0. The van der Waals surface area contributed by atoms with E-state index in [2.05, 4.69) is 6.58 Å². The molecule has 0 aromatic heterocycles. The zero-order chi connectivity index (χ0) is 24.3. The Balaban J connectivity index is 2.43. The Hall–Kier alpha value is -2.07. The number of aliphatic hydroxyl groups excluding tert-OH is 3. The van der Waals surface area contributed by atoms with Gasteiger partial charge in [-0.1, -0.05) is 49.9 Å². The van der Waals surface area contributed by atoms with Crippen molar-refractivity contribution in [2.75, 3.05) is 6.61 Å². The Morgan fingerprint density at radius 1 is 1.16 bits per heavy atom. The van der Waals surface area contributed by atoms with E-state index in [0.717, 1.165) is 24.1 Å². The number of halogens is 5. The van der Waals surface area contributed by atoms with E-state index in [1.807, 2.05) is 6.92 Å². The molecule has 1 heterocycles. The summed E-state index contributed by atoms with van der Waals surface area (Å²) in [6.45, 7) is 5.59. The third-order valence-corrected chi connectivity index (χ3v) is 5.42. The molecule has 1 aliphatic heterocycles. The fourth-order valence-electron chi connectivity index (χ4n) is 3.58. The predicted molar refractivity (Wildman–Crippen MR) is 109 cm³/mol. The fourth-order valence-corrected chi connectivity index (χ4v) is 3.58. The molecule has 1 aromatic carbocycles. The maximum atomic E-state index is 14.0. The van der Waals surface area contributed by atoms with Crippen LogP contribution in [0.2, 0.25) is 0 Å². The molecule has 1 aromatic rings. The standard InChI is InChI=1S/C23H27F5O4/c1-4-14-6-8-15(9-7-14)11-16(17(5-2)23(26,27)28)10-13(3)20-19(30)21(31)22(24,25)18(12-29)32-20/h5-10,18-21,29-31H,3-4,11-12H2,1-2H3/b16-10-,17-5+. The van der Waals surface area contributed by atoms with Crippen LogP contribution in [0.5, 0.6) is 0 Å². The largest absolute Gasteiger partial charge is 0.416 e. The van der Waals surface area contributed by atoms with Gasteiger partial charge in [0.05, 0.1) is 12.2 Å². The first-order chi connectivity index (χ1) is 14.9. The number of aryl methyl sites for hydroxylation is 1. The summed E-state index contributed by atoms with van der Waals surface area (Å²) >= 11 is 0. The van der Waals surface area contributed by atoms with Crippen molar-refractivity contribution >= 4 is 0 Å².